The molecule has 3 unspecified atom stereocenters. The minimum Gasteiger partial charge on any atom is -0.385 e. The second-order valence-corrected chi connectivity index (χ2v) is 3.54. The molecule has 1 aliphatic rings. The van der Waals surface area contributed by atoms with Gasteiger partial charge in [0.1, 0.15) is 6.10 Å². The summed E-state index contributed by atoms with van der Waals surface area (Å²) in [5.41, 5.74) is 5.53. The molecule has 0 aromatic rings. The minimum absolute atomic E-state index is 0.152. The first-order valence-electron chi connectivity index (χ1n) is 4.68. The first-order chi connectivity index (χ1) is 7.00. The van der Waals surface area contributed by atoms with Crippen LogP contribution in [0.1, 0.15) is 6.42 Å². The fraction of sp³-hybridized carbons (Fsp3) is 0.667. The van der Waals surface area contributed by atoms with Crippen LogP contribution in [0, 0.1) is 5.92 Å². The molecule has 0 heterocycles. The molecule has 4 N–H and O–H groups in total. The highest BCUT2D eigenvalue weighted by Crippen LogP contribution is 2.16. The zero-order valence-electron chi connectivity index (χ0n) is 8.07. The average Bonchev–Trinajstić information content (AvgIpc) is 2.60. The number of carbonyl (C=O) groups is 1. The van der Waals surface area contributed by atoms with Gasteiger partial charge in [-0.05, 0) is 6.42 Å². The Morgan fingerprint density at radius 1 is 1.60 bits per heavy atom. The smallest absolute Gasteiger partial charge is 0.265 e. The van der Waals surface area contributed by atoms with Gasteiger partial charge in [0.2, 0.25) is 5.91 Å². The van der Waals surface area contributed by atoms with Crippen molar-refractivity contribution >= 4 is 5.91 Å². The van der Waals surface area contributed by atoms with Crippen molar-refractivity contribution in [2.24, 2.45) is 11.7 Å². The molecule has 0 aliphatic heterocycles. The van der Waals surface area contributed by atoms with Crippen molar-refractivity contribution in [1.82, 2.24) is 5.32 Å². The van der Waals surface area contributed by atoms with Crippen LogP contribution in [0.15, 0.2) is 12.2 Å². The molecule has 0 spiro atoms. The lowest BCUT2D eigenvalue weighted by molar-refractivity contribution is -0.124. The molecular formula is C9H14F2N2O2. The molecule has 0 saturated carbocycles. The molecule has 0 saturated heterocycles. The van der Waals surface area contributed by atoms with Crippen molar-refractivity contribution in [3.63, 3.8) is 0 Å². The highest BCUT2D eigenvalue weighted by Gasteiger charge is 2.24. The fourth-order valence-electron chi connectivity index (χ4n) is 1.35. The van der Waals surface area contributed by atoms with Crippen molar-refractivity contribution in [3.8, 4) is 0 Å². The molecule has 0 fully saturated rings. The first-order valence-corrected chi connectivity index (χ1v) is 4.68. The summed E-state index contributed by atoms with van der Waals surface area (Å²) < 4.78 is 23.8. The SMILES string of the molecule is NC1C=CC(C(=O)NCC(O)C(F)F)C1. The maximum Gasteiger partial charge on any atom is 0.265 e. The Balaban J connectivity index is 2.28. The molecular weight excluding hydrogens is 206 g/mol. The van der Waals surface area contributed by atoms with Gasteiger partial charge in [0.15, 0.2) is 0 Å². The van der Waals surface area contributed by atoms with Gasteiger partial charge in [-0.3, -0.25) is 4.79 Å². The van der Waals surface area contributed by atoms with Gasteiger partial charge >= 0.3 is 0 Å². The molecule has 0 aromatic heterocycles. The summed E-state index contributed by atoms with van der Waals surface area (Å²) in [6, 6.07) is -0.152. The number of halogens is 2. The maximum absolute atomic E-state index is 11.9. The van der Waals surface area contributed by atoms with Crippen LogP contribution >= 0.6 is 0 Å². The summed E-state index contributed by atoms with van der Waals surface area (Å²) in [6.07, 6.45) is -0.821. The van der Waals surface area contributed by atoms with E-state index in [0.717, 1.165) is 0 Å². The van der Waals surface area contributed by atoms with Crippen LogP contribution < -0.4 is 11.1 Å². The Hall–Kier alpha value is -1.01. The summed E-state index contributed by atoms with van der Waals surface area (Å²) in [5.74, 6) is -0.747. The van der Waals surface area contributed by atoms with E-state index < -0.39 is 19.1 Å². The number of aliphatic hydroxyl groups is 1. The lowest BCUT2D eigenvalue weighted by Gasteiger charge is -2.13. The van der Waals surface area contributed by atoms with Crippen LogP contribution in [0.25, 0.3) is 0 Å². The molecule has 15 heavy (non-hydrogen) atoms. The van der Waals surface area contributed by atoms with Gasteiger partial charge in [0.25, 0.3) is 6.43 Å². The van der Waals surface area contributed by atoms with E-state index in [1.165, 1.54) is 0 Å². The number of rotatable bonds is 4. The van der Waals surface area contributed by atoms with E-state index in [2.05, 4.69) is 5.32 Å². The van der Waals surface area contributed by atoms with E-state index in [9.17, 15) is 13.6 Å². The third-order valence-electron chi connectivity index (χ3n) is 2.23. The molecule has 4 nitrogen and oxygen atoms in total. The zero-order valence-corrected chi connectivity index (χ0v) is 8.07. The Labute approximate surface area is 86.1 Å². The number of hydrogen-bond acceptors (Lipinski definition) is 3. The second-order valence-electron chi connectivity index (χ2n) is 3.54. The lowest BCUT2D eigenvalue weighted by Crippen LogP contribution is -2.38. The van der Waals surface area contributed by atoms with Crippen LogP contribution in [-0.4, -0.2) is 36.1 Å². The molecule has 1 aliphatic carbocycles. The number of alkyl halides is 2. The summed E-state index contributed by atoms with van der Waals surface area (Å²) in [5, 5.41) is 11.0. The quantitative estimate of drug-likeness (QED) is 0.566. The van der Waals surface area contributed by atoms with Gasteiger partial charge in [-0.15, -0.1) is 0 Å². The molecule has 6 heteroatoms. The fourth-order valence-corrected chi connectivity index (χ4v) is 1.35. The molecule has 3 atom stereocenters. The Bertz CT molecular complexity index is 258. The number of aliphatic hydroxyl groups excluding tert-OH is 1. The third-order valence-corrected chi connectivity index (χ3v) is 2.23. The standard InChI is InChI=1S/C9H14F2N2O2/c10-8(11)7(14)4-13-9(15)5-1-2-6(12)3-5/h1-2,5-8,14H,3-4,12H2,(H,13,15). The van der Waals surface area contributed by atoms with E-state index in [0.29, 0.717) is 6.42 Å². The second kappa shape index (κ2) is 5.18. The van der Waals surface area contributed by atoms with E-state index in [1.807, 2.05) is 0 Å². The summed E-state index contributed by atoms with van der Waals surface area (Å²) in [4.78, 5) is 11.3. The van der Waals surface area contributed by atoms with E-state index in [1.54, 1.807) is 12.2 Å². The Morgan fingerprint density at radius 3 is 2.73 bits per heavy atom. The lowest BCUT2D eigenvalue weighted by atomic mass is 10.1. The van der Waals surface area contributed by atoms with E-state index in [-0.39, 0.29) is 17.9 Å². The average molecular weight is 220 g/mol. The first kappa shape index (κ1) is 12.1. The van der Waals surface area contributed by atoms with Crippen LogP contribution in [0.4, 0.5) is 8.78 Å². The number of carbonyl (C=O) groups excluding carboxylic acids is 1. The predicted molar refractivity (Wildman–Crippen MR) is 50.2 cm³/mol. The van der Waals surface area contributed by atoms with Gasteiger partial charge < -0.3 is 16.2 Å². The van der Waals surface area contributed by atoms with Crippen molar-refractivity contribution < 1.29 is 18.7 Å². The molecule has 0 aromatic carbocycles. The zero-order chi connectivity index (χ0) is 11.4. The topological polar surface area (TPSA) is 75.4 Å². The van der Waals surface area contributed by atoms with Crippen LogP contribution in [0.5, 0.6) is 0 Å². The summed E-state index contributed by atoms with van der Waals surface area (Å²) in [6.45, 7) is -0.434. The Kier molecular flexibility index (Phi) is 4.16. The number of nitrogens with one attached hydrogen (secondary N) is 1. The predicted octanol–water partition coefficient (Wildman–Crippen LogP) is -0.368. The maximum atomic E-state index is 11.9. The van der Waals surface area contributed by atoms with Crippen molar-refractivity contribution in [2.45, 2.75) is 25.0 Å². The molecule has 1 amide bonds. The van der Waals surface area contributed by atoms with Crippen LogP contribution in [0.2, 0.25) is 0 Å². The molecule has 1 rings (SSSR count). The molecule has 86 valence electrons. The number of hydrogen-bond donors (Lipinski definition) is 3. The Morgan fingerprint density at radius 2 is 2.27 bits per heavy atom. The largest absolute Gasteiger partial charge is 0.385 e. The van der Waals surface area contributed by atoms with E-state index >= 15 is 0 Å². The van der Waals surface area contributed by atoms with E-state index in [4.69, 9.17) is 10.8 Å². The number of nitrogens with two attached hydrogens (primary N) is 1. The number of amides is 1. The van der Waals surface area contributed by atoms with Gasteiger partial charge in [-0.25, -0.2) is 8.78 Å². The summed E-state index contributed by atoms with van der Waals surface area (Å²) in [7, 11) is 0. The molecule has 0 bridgehead atoms. The monoisotopic (exact) mass is 220 g/mol. The van der Waals surface area contributed by atoms with Crippen LogP contribution in [0.3, 0.4) is 0 Å². The van der Waals surface area contributed by atoms with Gasteiger partial charge in [0.05, 0.1) is 5.92 Å². The minimum atomic E-state index is -2.84. The van der Waals surface area contributed by atoms with Crippen LogP contribution in [-0.2, 0) is 4.79 Å². The third kappa shape index (κ3) is 3.56. The highest BCUT2D eigenvalue weighted by molar-refractivity contribution is 5.81. The highest BCUT2D eigenvalue weighted by atomic mass is 19.3. The normalized spacial score (nSPS) is 27.0. The van der Waals surface area contributed by atoms with Gasteiger partial charge in [-0.1, -0.05) is 12.2 Å². The van der Waals surface area contributed by atoms with Crippen molar-refractivity contribution in [2.75, 3.05) is 6.54 Å². The summed E-state index contributed by atoms with van der Waals surface area (Å²) >= 11 is 0. The van der Waals surface area contributed by atoms with Gasteiger partial charge in [-0.2, -0.15) is 0 Å². The van der Waals surface area contributed by atoms with Gasteiger partial charge in [0, 0.05) is 12.6 Å². The van der Waals surface area contributed by atoms with Crippen molar-refractivity contribution in [3.05, 3.63) is 12.2 Å². The van der Waals surface area contributed by atoms with Crippen molar-refractivity contribution in [1.29, 1.82) is 0 Å². The molecule has 0 radical (unpaired) electrons.